The lowest BCUT2D eigenvalue weighted by Crippen LogP contribution is -2.28. The molecular formula is C21H20N2O4. The average molecular weight is 364 g/mol. The summed E-state index contributed by atoms with van der Waals surface area (Å²) >= 11 is 0. The number of pyridine rings is 2. The third-order valence-corrected chi connectivity index (χ3v) is 4.38. The largest absolute Gasteiger partial charge is 0.497 e. The Bertz CT molecular complexity index is 1070. The van der Waals surface area contributed by atoms with E-state index in [9.17, 15) is 14.7 Å². The highest BCUT2D eigenvalue weighted by Gasteiger charge is 2.23. The van der Waals surface area contributed by atoms with Crippen LogP contribution in [-0.2, 0) is 6.54 Å². The number of carboxylic acids is 1. The molecule has 0 amide bonds. The quantitative estimate of drug-likeness (QED) is 0.510. The van der Waals surface area contributed by atoms with Crippen LogP contribution in [0.25, 0.3) is 22.2 Å². The first-order chi connectivity index (χ1) is 13.1. The van der Waals surface area contributed by atoms with Crippen molar-refractivity contribution in [2.24, 2.45) is 0 Å². The van der Waals surface area contributed by atoms with Gasteiger partial charge in [0.05, 0.1) is 7.11 Å². The Morgan fingerprint density at radius 3 is 2.85 bits per heavy atom. The van der Waals surface area contributed by atoms with Gasteiger partial charge >= 0.3 is 5.97 Å². The number of fused-ring (bicyclic) bond motifs is 1. The number of aromatic carboxylic acids is 1. The summed E-state index contributed by atoms with van der Waals surface area (Å²) in [6.45, 7) is 4.06. The molecule has 0 bridgehead atoms. The Labute approximate surface area is 156 Å². The summed E-state index contributed by atoms with van der Waals surface area (Å²) in [7, 11) is 1.54. The summed E-state index contributed by atoms with van der Waals surface area (Å²) in [5.74, 6) is -0.683. The molecule has 0 spiro atoms. The molecule has 2 aromatic heterocycles. The summed E-state index contributed by atoms with van der Waals surface area (Å²) in [5, 5.41) is 10.4. The number of carboxylic acid groups (broad SMARTS) is 1. The van der Waals surface area contributed by atoms with Gasteiger partial charge in [-0.2, -0.15) is 0 Å². The molecule has 0 aliphatic heterocycles. The third kappa shape index (κ3) is 3.46. The first kappa shape index (κ1) is 18.4. The molecule has 2 heterocycles. The maximum atomic E-state index is 13.1. The van der Waals surface area contributed by atoms with Crippen LogP contribution in [0.15, 0.2) is 60.0 Å². The van der Waals surface area contributed by atoms with Gasteiger partial charge in [-0.05, 0) is 42.7 Å². The van der Waals surface area contributed by atoms with E-state index in [2.05, 4.69) is 11.6 Å². The van der Waals surface area contributed by atoms with Crippen LogP contribution < -0.4 is 10.3 Å². The second kappa shape index (κ2) is 7.86. The Morgan fingerprint density at radius 2 is 2.15 bits per heavy atom. The van der Waals surface area contributed by atoms with E-state index in [1.807, 2.05) is 0 Å². The van der Waals surface area contributed by atoms with Crippen LogP contribution in [-0.4, -0.2) is 27.7 Å². The lowest BCUT2D eigenvalue weighted by Gasteiger charge is -2.16. The molecule has 0 unspecified atom stereocenters. The molecule has 0 saturated carbocycles. The van der Waals surface area contributed by atoms with Crippen LogP contribution in [0, 0.1) is 0 Å². The zero-order valence-corrected chi connectivity index (χ0v) is 15.0. The van der Waals surface area contributed by atoms with Gasteiger partial charge in [-0.1, -0.05) is 18.2 Å². The fourth-order valence-electron chi connectivity index (χ4n) is 3.16. The number of ether oxygens (including phenoxy) is 1. The lowest BCUT2D eigenvalue weighted by atomic mass is 9.97. The van der Waals surface area contributed by atoms with Crippen molar-refractivity contribution in [3.63, 3.8) is 0 Å². The van der Waals surface area contributed by atoms with Gasteiger partial charge in [0, 0.05) is 23.7 Å². The number of nitrogens with zero attached hydrogens (tertiary/aromatic N) is 2. The van der Waals surface area contributed by atoms with Crippen molar-refractivity contribution in [2.75, 3.05) is 7.11 Å². The van der Waals surface area contributed by atoms with Gasteiger partial charge in [0.25, 0.3) is 5.56 Å². The molecule has 0 atom stereocenters. The molecule has 1 aromatic carbocycles. The molecule has 0 saturated heterocycles. The Hall–Kier alpha value is -3.41. The lowest BCUT2D eigenvalue weighted by molar-refractivity contribution is 0.0695. The molecule has 1 N–H and O–H groups in total. The van der Waals surface area contributed by atoms with Crippen LogP contribution in [0.4, 0.5) is 0 Å². The van der Waals surface area contributed by atoms with Crippen molar-refractivity contribution in [3.8, 4) is 16.9 Å². The zero-order chi connectivity index (χ0) is 19.4. The minimum atomic E-state index is -1.26. The minimum absolute atomic E-state index is 0.262. The Balaban J connectivity index is 2.37. The SMILES string of the molecule is C=CCCCn1c(=O)c(C(=O)O)c(-c2cccc(OC)c2)c2cccnc21. The van der Waals surface area contributed by atoms with Crippen LogP contribution in [0.2, 0.25) is 0 Å². The maximum Gasteiger partial charge on any atom is 0.342 e. The fourth-order valence-corrected chi connectivity index (χ4v) is 3.16. The molecule has 6 heteroatoms. The Morgan fingerprint density at radius 1 is 1.33 bits per heavy atom. The second-order valence-electron chi connectivity index (χ2n) is 6.05. The fraction of sp³-hybridized carbons (Fsp3) is 0.190. The van der Waals surface area contributed by atoms with Crippen LogP contribution >= 0.6 is 0 Å². The van der Waals surface area contributed by atoms with Crippen molar-refractivity contribution in [1.29, 1.82) is 0 Å². The number of hydrogen-bond donors (Lipinski definition) is 1. The molecule has 0 aliphatic carbocycles. The molecule has 27 heavy (non-hydrogen) atoms. The van der Waals surface area contributed by atoms with Gasteiger partial charge in [-0.15, -0.1) is 6.58 Å². The highest BCUT2D eigenvalue weighted by atomic mass is 16.5. The number of carbonyl (C=O) groups is 1. The summed E-state index contributed by atoms with van der Waals surface area (Å²) in [4.78, 5) is 29.4. The third-order valence-electron chi connectivity index (χ3n) is 4.38. The first-order valence-corrected chi connectivity index (χ1v) is 8.58. The van der Waals surface area contributed by atoms with Crippen LogP contribution in [0.1, 0.15) is 23.2 Å². The van der Waals surface area contributed by atoms with E-state index in [1.54, 1.807) is 48.7 Å². The zero-order valence-electron chi connectivity index (χ0n) is 15.0. The molecule has 3 aromatic rings. The Kier molecular flexibility index (Phi) is 5.35. The number of hydrogen-bond acceptors (Lipinski definition) is 4. The second-order valence-corrected chi connectivity index (χ2v) is 6.05. The van der Waals surface area contributed by atoms with E-state index in [4.69, 9.17) is 4.74 Å². The smallest absolute Gasteiger partial charge is 0.342 e. The number of unbranched alkanes of at least 4 members (excludes halogenated alkanes) is 1. The standard InChI is InChI=1S/C21H20N2O4/c1-3-4-5-12-23-19-16(10-7-11-22-19)17(18(20(23)24)21(25)26)14-8-6-9-15(13-14)27-2/h3,6-11,13H,1,4-5,12H2,2H3,(H,25,26). The maximum absolute atomic E-state index is 13.1. The summed E-state index contributed by atoms with van der Waals surface area (Å²) in [6, 6.07) is 10.5. The minimum Gasteiger partial charge on any atom is -0.497 e. The van der Waals surface area contributed by atoms with Crippen LogP contribution in [0.3, 0.4) is 0 Å². The van der Waals surface area contributed by atoms with Gasteiger partial charge < -0.3 is 9.84 Å². The number of aryl methyl sites for hydroxylation is 1. The van der Waals surface area contributed by atoms with Crippen molar-refractivity contribution in [2.45, 2.75) is 19.4 Å². The number of aromatic nitrogens is 2. The molecule has 6 nitrogen and oxygen atoms in total. The van der Waals surface area contributed by atoms with E-state index in [-0.39, 0.29) is 5.56 Å². The van der Waals surface area contributed by atoms with E-state index >= 15 is 0 Å². The summed E-state index contributed by atoms with van der Waals surface area (Å²) in [5.41, 5.74) is 0.599. The van der Waals surface area contributed by atoms with Gasteiger partial charge in [-0.3, -0.25) is 9.36 Å². The van der Waals surface area contributed by atoms with Gasteiger partial charge in [0.2, 0.25) is 0 Å². The first-order valence-electron chi connectivity index (χ1n) is 8.58. The summed E-state index contributed by atoms with van der Waals surface area (Å²) in [6.07, 6.45) is 4.76. The topological polar surface area (TPSA) is 81.4 Å². The highest BCUT2D eigenvalue weighted by Crippen LogP contribution is 2.32. The van der Waals surface area contributed by atoms with Gasteiger partial charge in [-0.25, -0.2) is 9.78 Å². The average Bonchev–Trinajstić information content (AvgIpc) is 2.68. The van der Waals surface area contributed by atoms with E-state index in [0.29, 0.717) is 40.9 Å². The van der Waals surface area contributed by atoms with Crippen molar-refractivity contribution < 1.29 is 14.6 Å². The normalized spacial score (nSPS) is 10.7. The van der Waals surface area contributed by atoms with Crippen molar-refractivity contribution in [1.82, 2.24) is 9.55 Å². The molecule has 0 radical (unpaired) electrons. The molecule has 0 aliphatic rings. The number of rotatable bonds is 7. The van der Waals surface area contributed by atoms with Gasteiger partial charge in [0.1, 0.15) is 17.0 Å². The van der Waals surface area contributed by atoms with Crippen molar-refractivity contribution >= 4 is 17.0 Å². The van der Waals surface area contributed by atoms with E-state index in [0.717, 1.165) is 6.42 Å². The predicted octanol–water partition coefficient (Wildman–Crippen LogP) is 3.74. The van der Waals surface area contributed by atoms with Gasteiger partial charge in [0.15, 0.2) is 0 Å². The van der Waals surface area contributed by atoms with Crippen molar-refractivity contribution in [3.05, 3.63) is 71.2 Å². The van der Waals surface area contributed by atoms with E-state index < -0.39 is 11.5 Å². The molecular weight excluding hydrogens is 344 g/mol. The monoisotopic (exact) mass is 364 g/mol. The number of allylic oxidation sites excluding steroid dienone is 1. The predicted molar refractivity (Wildman–Crippen MR) is 104 cm³/mol. The summed E-state index contributed by atoms with van der Waals surface area (Å²) < 4.78 is 6.69. The molecule has 3 rings (SSSR count). The highest BCUT2D eigenvalue weighted by molar-refractivity contribution is 6.05. The molecule has 0 fully saturated rings. The number of benzene rings is 1. The van der Waals surface area contributed by atoms with Crippen LogP contribution in [0.5, 0.6) is 5.75 Å². The number of methoxy groups -OCH3 is 1. The van der Waals surface area contributed by atoms with E-state index in [1.165, 1.54) is 11.7 Å². The molecule has 138 valence electrons.